The van der Waals surface area contributed by atoms with Crippen molar-refractivity contribution in [3.8, 4) is 0 Å². The number of likely N-dealkylation sites (N-methyl/N-ethyl adjacent to an activating group) is 1. The van der Waals surface area contributed by atoms with Crippen LogP contribution in [0.25, 0.3) is 0 Å². The van der Waals surface area contributed by atoms with Crippen LogP contribution in [0.1, 0.15) is 6.42 Å². The van der Waals surface area contributed by atoms with Gasteiger partial charge in [0.2, 0.25) is 5.91 Å². The Hall–Kier alpha value is -1.18. The predicted octanol–water partition coefficient (Wildman–Crippen LogP) is -1.41. The molecule has 19 heavy (non-hydrogen) atoms. The molecule has 0 aromatic heterocycles. The number of rotatable bonds is 4. The molecule has 2 saturated heterocycles. The molecule has 0 saturated carbocycles. The number of carboxylic acids is 1. The molecule has 2 atom stereocenters. The molecule has 0 aliphatic carbocycles. The summed E-state index contributed by atoms with van der Waals surface area (Å²) in [5.41, 5.74) is 0. The van der Waals surface area contributed by atoms with Crippen LogP contribution in [0, 0.1) is 0 Å². The van der Waals surface area contributed by atoms with Crippen LogP contribution in [-0.2, 0) is 14.3 Å². The van der Waals surface area contributed by atoms with Crippen LogP contribution < -0.4 is 5.32 Å². The van der Waals surface area contributed by atoms with E-state index in [1.807, 2.05) is 11.9 Å². The highest BCUT2D eigenvalue weighted by Crippen LogP contribution is 2.13. The first-order chi connectivity index (χ1) is 9.06. The van der Waals surface area contributed by atoms with Crippen molar-refractivity contribution in [3.05, 3.63) is 0 Å². The Kier molecular flexibility index (Phi) is 4.73. The third-order valence-electron chi connectivity index (χ3n) is 3.59. The van der Waals surface area contributed by atoms with Crippen LogP contribution in [0.4, 0.5) is 0 Å². The number of amides is 1. The van der Waals surface area contributed by atoms with Gasteiger partial charge in [0, 0.05) is 32.7 Å². The van der Waals surface area contributed by atoms with E-state index in [1.54, 1.807) is 0 Å². The Bertz CT molecular complexity index is 350. The molecule has 2 unspecified atom stereocenters. The van der Waals surface area contributed by atoms with Gasteiger partial charge in [-0.25, -0.2) is 0 Å². The molecule has 0 spiro atoms. The van der Waals surface area contributed by atoms with Gasteiger partial charge in [0.15, 0.2) is 0 Å². The van der Waals surface area contributed by atoms with Gasteiger partial charge < -0.3 is 20.1 Å². The van der Waals surface area contributed by atoms with Gasteiger partial charge in [0.25, 0.3) is 0 Å². The van der Waals surface area contributed by atoms with Crippen LogP contribution in [0.2, 0.25) is 0 Å². The number of hydrogen-bond acceptors (Lipinski definition) is 5. The first-order valence-corrected chi connectivity index (χ1v) is 6.60. The molecular formula is C12H21N3O4. The summed E-state index contributed by atoms with van der Waals surface area (Å²) >= 11 is 0. The Morgan fingerprint density at radius 1 is 1.53 bits per heavy atom. The minimum atomic E-state index is -0.950. The lowest BCUT2D eigenvalue weighted by molar-refractivity contribution is -0.144. The second-order valence-electron chi connectivity index (χ2n) is 5.15. The number of carbonyl (C=O) groups excluding carboxylic acids is 1. The van der Waals surface area contributed by atoms with Crippen LogP contribution >= 0.6 is 0 Å². The smallest absolute Gasteiger partial charge is 0.305 e. The zero-order chi connectivity index (χ0) is 13.8. The Labute approximate surface area is 112 Å². The van der Waals surface area contributed by atoms with Crippen molar-refractivity contribution in [2.24, 2.45) is 0 Å². The van der Waals surface area contributed by atoms with Crippen molar-refractivity contribution >= 4 is 11.9 Å². The molecule has 1 amide bonds. The lowest BCUT2D eigenvalue weighted by atomic mass is 10.1. The first kappa shape index (κ1) is 14.2. The largest absolute Gasteiger partial charge is 0.481 e. The molecule has 0 aromatic rings. The predicted molar refractivity (Wildman–Crippen MR) is 67.9 cm³/mol. The average Bonchev–Trinajstić information content (AvgIpc) is 2.33. The highest BCUT2D eigenvalue weighted by atomic mass is 16.5. The van der Waals surface area contributed by atoms with Gasteiger partial charge in [-0.15, -0.1) is 0 Å². The third-order valence-corrected chi connectivity index (χ3v) is 3.59. The molecule has 2 fully saturated rings. The summed E-state index contributed by atoms with van der Waals surface area (Å²) < 4.78 is 5.68. The summed E-state index contributed by atoms with van der Waals surface area (Å²) in [4.78, 5) is 26.7. The average molecular weight is 271 g/mol. The second-order valence-corrected chi connectivity index (χ2v) is 5.15. The SMILES string of the molecule is CN1CCOC(CN2CCNC(=O)C2CC(=O)O)C1. The van der Waals surface area contributed by atoms with Crippen molar-refractivity contribution in [1.82, 2.24) is 15.1 Å². The van der Waals surface area contributed by atoms with Gasteiger partial charge in [0.1, 0.15) is 0 Å². The molecular weight excluding hydrogens is 250 g/mol. The molecule has 2 aliphatic heterocycles. The van der Waals surface area contributed by atoms with E-state index in [2.05, 4.69) is 10.2 Å². The number of carboxylic acid groups (broad SMARTS) is 1. The number of nitrogens with one attached hydrogen (secondary N) is 1. The minimum Gasteiger partial charge on any atom is -0.481 e. The van der Waals surface area contributed by atoms with Crippen LogP contribution in [0.15, 0.2) is 0 Å². The van der Waals surface area contributed by atoms with Gasteiger partial charge in [-0.2, -0.15) is 0 Å². The van der Waals surface area contributed by atoms with E-state index in [4.69, 9.17) is 9.84 Å². The molecule has 2 rings (SSSR count). The quantitative estimate of drug-likeness (QED) is 0.654. The number of ether oxygens (including phenoxy) is 1. The molecule has 0 bridgehead atoms. The summed E-state index contributed by atoms with van der Waals surface area (Å²) in [6.07, 6.45) is -0.116. The summed E-state index contributed by atoms with van der Waals surface area (Å²) in [6.45, 7) is 4.26. The number of hydrogen-bond donors (Lipinski definition) is 2. The summed E-state index contributed by atoms with van der Waals surface area (Å²) in [5, 5.41) is 11.6. The molecule has 0 aromatic carbocycles. The van der Waals surface area contributed by atoms with Crippen LogP contribution in [0.3, 0.4) is 0 Å². The zero-order valence-corrected chi connectivity index (χ0v) is 11.2. The topological polar surface area (TPSA) is 82.1 Å². The van der Waals surface area contributed by atoms with Crippen molar-refractivity contribution < 1.29 is 19.4 Å². The van der Waals surface area contributed by atoms with E-state index in [1.165, 1.54) is 0 Å². The zero-order valence-electron chi connectivity index (χ0n) is 11.2. The maximum atomic E-state index is 11.8. The number of morpholine rings is 1. The Morgan fingerprint density at radius 2 is 2.32 bits per heavy atom. The van der Waals surface area contributed by atoms with E-state index in [-0.39, 0.29) is 18.4 Å². The van der Waals surface area contributed by atoms with Crippen molar-refractivity contribution in [2.45, 2.75) is 18.6 Å². The van der Waals surface area contributed by atoms with E-state index in [0.29, 0.717) is 26.2 Å². The number of piperazine rings is 1. The maximum Gasteiger partial charge on any atom is 0.305 e. The van der Waals surface area contributed by atoms with Crippen LogP contribution in [-0.4, -0.2) is 85.3 Å². The number of aliphatic carboxylic acids is 1. The first-order valence-electron chi connectivity index (χ1n) is 6.60. The Balaban J connectivity index is 1.95. The maximum absolute atomic E-state index is 11.8. The van der Waals surface area contributed by atoms with Crippen molar-refractivity contribution in [2.75, 3.05) is 46.4 Å². The molecule has 7 nitrogen and oxygen atoms in total. The summed E-state index contributed by atoms with van der Waals surface area (Å²) in [6, 6.07) is -0.581. The highest BCUT2D eigenvalue weighted by molar-refractivity contribution is 5.86. The van der Waals surface area contributed by atoms with Crippen molar-refractivity contribution in [3.63, 3.8) is 0 Å². The van der Waals surface area contributed by atoms with E-state index in [0.717, 1.165) is 13.1 Å². The van der Waals surface area contributed by atoms with Gasteiger partial charge in [0.05, 0.1) is 25.2 Å². The van der Waals surface area contributed by atoms with Gasteiger partial charge in [-0.1, -0.05) is 0 Å². The van der Waals surface area contributed by atoms with Crippen molar-refractivity contribution in [1.29, 1.82) is 0 Å². The normalized spacial score (nSPS) is 30.1. The summed E-state index contributed by atoms with van der Waals surface area (Å²) in [7, 11) is 2.03. The minimum absolute atomic E-state index is 0.0425. The standard InChI is InChI=1S/C12H21N3O4/c1-14-4-5-19-9(7-14)8-15-3-2-13-12(18)10(15)6-11(16)17/h9-10H,2-8H2,1H3,(H,13,18)(H,16,17). The fourth-order valence-corrected chi connectivity index (χ4v) is 2.61. The molecule has 2 heterocycles. The molecule has 2 aliphatic rings. The summed E-state index contributed by atoms with van der Waals surface area (Å²) in [5.74, 6) is -1.15. The van der Waals surface area contributed by atoms with Gasteiger partial charge >= 0.3 is 5.97 Å². The second kappa shape index (κ2) is 6.31. The van der Waals surface area contributed by atoms with E-state index in [9.17, 15) is 9.59 Å². The molecule has 7 heteroatoms. The fourth-order valence-electron chi connectivity index (χ4n) is 2.61. The molecule has 108 valence electrons. The Morgan fingerprint density at radius 3 is 3.00 bits per heavy atom. The highest BCUT2D eigenvalue weighted by Gasteiger charge is 2.33. The number of carbonyl (C=O) groups is 2. The van der Waals surface area contributed by atoms with Gasteiger partial charge in [-0.05, 0) is 7.05 Å². The lowest BCUT2D eigenvalue weighted by Crippen LogP contribution is -2.59. The van der Waals surface area contributed by atoms with Gasteiger partial charge in [-0.3, -0.25) is 14.5 Å². The fraction of sp³-hybridized carbons (Fsp3) is 0.833. The molecule has 2 N–H and O–H groups in total. The lowest BCUT2D eigenvalue weighted by Gasteiger charge is -2.38. The monoisotopic (exact) mass is 271 g/mol. The van der Waals surface area contributed by atoms with E-state index < -0.39 is 12.0 Å². The molecule has 0 radical (unpaired) electrons. The third kappa shape index (κ3) is 3.89. The van der Waals surface area contributed by atoms with E-state index >= 15 is 0 Å². The number of nitrogens with zero attached hydrogens (tertiary/aromatic N) is 2. The van der Waals surface area contributed by atoms with Crippen LogP contribution in [0.5, 0.6) is 0 Å².